The van der Waals surface area contributed by atoms with Crippen molar-refractivity contribution in [3.8, 4) is 0 Å². The zero-order chi connectivity index (χ0) is 16.2. The van der Waals surface area contributed by atoms with E-state index in [9.17, 15) is 4.79 Å². The fourth-order valence-corrected chi connectivity index (χ4v) is 4.31. The largest absolute Gasteiger partial charge is 0.462 e. The van der Waals surface area contributed by atoms with E-state index in [0.717, 1.165) is 14.6 Å². The van der Waals surface area contributed by atoms with Gasteiger partial charge in [-0.15, -0.1) is 11.3 Å². The quantitative estimate of drug-likeness (QED) is 0.292. The van der Waals surface area contributed by atoms with Crippen LogP contribution in [0.25, 0.3) is 10.2 Å². The molecule has 0 bridgehead atoms. The van der Waals surface area contributed by atoms with Gasteiger partial charge < -0.3 is 4.74 Å². The maximum absolute atomic E-state index is 12.1. The van der Waals surface area contributed by atoms with Gasteiger partial charge in [0.1, 0.15) is 10.6 Å². The van der Waals surface area contributed by atoms with Gasteiger partial charge in [-0.25, -0.2) is 19.7 Å². The van der Waals surface area contributed by atoms with E-state index in [4.69, 9.17) is 4.74 Å². The fourth-order valence-electron chi connectivity index (χ4n) is 1.85. The summed E-state index contributed by atoms with van der Waals surface area (Å²) in [6, 6.07) is 7.93. The lowest BCUT2D eigenvalue weighted by atomic mass is 10.3. The molecule has 3 aromatic rings. The first kappa shape index (κ1) is 16.2. The Morgan fingerprint density at radius 1 is 1.30 bits per heavy atom. The third-order valence-corrected chi connectivity index (χ3v) is 5.53. The van der Waals surface area contributed by atoms with Crippen molar-refractivity contribution in [1.82, 2.24) is 15.0 Å². The second kappa shape index (κ2) is 7.29. The molecule has 5 nitrogen and oxygen atoms in total. The van der Waals surface area contributed by atoms with Crippen LogP contribution < -0.4 is 0 Å². The summed E-state index contributed by atoms with van der Waals surface area (Å²) in [5.41, 5.74) is 1.31. The number of thiazole rings is 1. The number of hydrogen-bond donors (Lipinski definition) is 0. The number of carbonyl (C=O) groups excluding carboxylic acids is 1. The molecule has 0 N–H and O–H groups in total. The first-order valence-electron chi connectivity index (χ1n) is 6.83. The second-order valence-electron chi connectivity index (χ2n) is 4.35. The minimum Gasteiger partial charge on any atom is -0.462 e. The molecular formula is C15H13N3O2S3. The molecule has 0 spiro atoms. The van der Waals surface area contributed by atoms with Crippen molar-refractivity contribution in [2.45, 2.75) is 21.4 Å². The molecule has 0 saturated carbocycles. The molecule has 0 unspecified atom stereocenters. The lowest BCUT2D eigenvalue weighted by Gasteiger charge is -2.07. The summed E-state index contributed by atoms with van der Waals surface area (Å²) in [5, 5.41) is 1.18. The van der Waals surface area contributed by atoms with Gasteiger partial charge in [0, 0.05) is 6.20 Å². The number of rotatable bonds is 5. The van der Waals surface area contributed by atoms with Gasteiger partial charge in [-0.1, -0.05) is 23.9 Å². The number of nitrogens with zero attached hydrogens (tertiary/aromatic N) is 3. The fraction of sp³-hybridized carbons (Fsp3) is 0.200. The summed E-state index contributed by atoms with van der Waals surface area (Å²) in [6.45, 7) is 2.09. The standard InChI is InChI=1S/C15H13N3O2S3/c1-3-20-13(19)9-8-16-14(21-2)18-12(9)23-15-17-10-6-4-5-7-11(10)22-15/h4-8H,3H2,1-2H3. The van der Waals surface area contributed by atoms with E-state index >= 15 is 0 Å². The molecule has 23 heavy (non-hydrogen) atoms. The molecule has 0 aliphatic rings. The maximum atomic E-state index is 12.1. The summed E-state index contributed by atoms with van der Waals surface area (Å²) in [7, 11) is 0. The van der Waals surface area contributed by atoms with Gasteiger partial charge >= 0.3 is 5.97 Å². The summed E-state index contributed by atoms with van der Waals surface area (Å²) in [6.07, 6.45) is 3.41. The lowest BCUT2D eigenvalue weighted by molar-refractivity contribution is 0.0520. The van der Waals surface area contributed by atoms with Crippen molar-refractivity contribution in [1.29, 1.82) is 0 Å². The van der Waals surface area contributed by atoms with E-state index in [1.807, 2.05) is 30.5 Å². The molecule has 1 aromatic carbocycles. The molecule has 2 aromatic heterocycles. The number of thioether (sulfide) groups is 1. The Labute approximate surface area is 145 Å². The highest BCUT2D eigenvalue weighted by Gasteiger charge is 2.18. The third-order valence-electron chi connectivity index (χ3n) is 2.87. The van der Waals surface area contributed by atoms with Gasteiger partial charge in [0.15, 0.2) is 9.50 Å². The van der Waals surface area contributed by atoms with Crippen LogP contribution in [0.2, 0.25) is 0 Å². The van der Waals surface area contributed by atoms with Gasteiger partial charge in [-0.2, -0.15) is 0 Å². The number of para-hydroxylation sites is 1. The third kappa shape index (κ3) is 3.65. The van der Waals surface area contributed by atoms with E-state index < -0.39 is 5.97 Å². The van der Waals surface area contributed by atoms with Gasteiger partial charge in [0.05, 0.1) is 16.8 Å². The zero-order valence-electron chi connectivity index (χ0n) is 12.5. The zero-order valence-corrected chi connectivity index (χ0v) is 14.9. The normalized spacial score (nSPS) is 10.9. The summed E-state index contributed by atoms with van der Waals surface area (Å²) >= 11 is 4.37. The average molecular weight is 363 g/mol. The highest BCUT2D eigenvalue weighted by molar-refractivity contribution is 8.01. The summed E-state index contributed by atoms with van der Waals surface area (Å²) < 4.78 is 7.02. The Morgan fingerprint density at radius 2 is 2.13 bits per heavy atom. The van der Waals surface area contributed by atoms with E-state index in [2.05, 4.69) is 15.0 Å². The summed E-state index contributed by atoms with van der Waals surface area (Å²) in [5.74, 6) is -0.413. The van der Waals surface area contributed by atoms with E-state index in [1.165, 1.54) is 29.7 Å². The molecule has 2 heterocycles. The first-order valence-corrected chi connectivity index (χ1v) is 9.68. The number of ether oxygens (including phenoxy) is 1. The Morgan fingerprint density at radius 3 is 2.87 bits per heavy atom. The van der Waals surface area contributed by atoms with Gasteiger partial charge in [-0.3, -0.25) is 0 Å². The number of carbonyl (C=O) groups is 1. The van der Waals surface area contributed by atoms with Crippen LogP contribution >= 0.6 is 34.9 Å². The molecule has 0 fully saturated rings. The molecular weight excluding hydrogens is 350 g/mol. The number of hydrogen-bond acceptors (Lipinski definition) is 8. The second-order valence-corrected chi connectivity index (χ2v) is 7.39. The minimum atomic E-state index is -0.413. The highest BCUT2D eigenvalue weighted by Crippen LogP contribution is 2.35. The van der Waals surface area contributed by atoms with Crippen molar-refractivity contribution >= 4 is 51.0 Å². The smallest absolute Gasteiger partial charge is 0.342 e. The predicted octanol–water partition coefficient (Wildman–Crippen LogP) is 4.14. The van der Waals surface area contributed by atoms with Gasteiger partial charge in [0.2, 0.25) is 0 Å². The Hall–Kier alpha value is -1.64. The van der Waals surface area contributed by atoms with E-state index in [-0.39, 0.29) is 0 Å². The molecule has 0 atom stereocenters. The molecule has 0 radical (unpaired) electrons. The van der Waals surface area contributed by atoms with Crippen LogP contribution in [-0.2, 0) is 4.74 Å². The Kier molecular flexibility index (Phi) is 5.14. The van der Waals surface area contributed by atoms with Crippen molar-refractivity contribution < 1.29 is 9.53 Å². The molecule has 0 aliphatic heterocycles. The summed E-state index contributed by atoms with van der Waals surface area (Å²) in [4.78, 5) is 25.3. The molecule has 0 aliphatic carbocycles. The van der Waals surface area contributed by atoms with Crippen molar-refractivity contribution in [2.24, 2.45) is 0 Å². The maximum Gasteiger partial charge on any atom is 0.342 e. The SMILES string of the molecule is CCOC(=O)c1cnc(SC)nc1Sc1nc2ccccc2s1. The highest BCUT2D eigenvalue weighted by atomic mass is 32.2. The predicted molar refractivity (Wildman–Crippen MR) is 93.5 cm³/mol. The lowest BCUT2D eigenvalue weighted by Crippen LogP contribution is -2.08. The molecule has 3 rings (SSSR count). The van der Waals surface area contributed by atoms with Crippen LogP contribution in [0.1, 0.15) is 17.3 Å². The van der Waals surface area contributed by atoms with Gasteiger partial charge in [0.25, 0.3) is 0 Å². The van der Waals surface area contributed by atoms with Crippen molar-refractivity contribution in [3.05, 3.63) is 36.0 Å². The number of esters is 1. The Bertz CT molecular complexity index is 818. The number of benzene rings is 1. The van der Waals surface area contributed by atoms with E-state index in [1.54, 1.807) is 18.3 Å². The minimum absolute atomic E-state index is 0.314. The number of fused-ring (bicyclic) bond motifs is 1. The van der Waals surface area contributed by atoms with E-state index in [0.29, 0.717) is 22.4 Å². The van der Waals surface area contributed by atoms with Crippen LogP contribution in [0.4, 0.5) is 0 Å². The molecule has 118 valence electrons. The average Bonchev–Trinajstić information content (AvgIpc) is 2.97. The first-order chi connectivity index (χ1) is 11.2. The Balaban J connectivity index is 1.97. The monoisotopic (exact) mass is 363 g/mol. The molecule has 8 heteroatoms. The molecule has 0 amide bonds. The van der Waals surface area contributed by atoms with Crippen LogP contribution in [0.3, 0.4) is 0 Å². The topological polar surface area (TPSA) is 65.0 Å². The number of aromatic nitrogens is 3. The van der Waals surface area contributed by atoms with Crippen molar-refractivity contribution in [3.63, 3.8) is 0 Å². The molecule has 0 saturated heterocycles. The van der Waals surface area contributed by atoms with Crippen LogP contribution in [0, 0.1) is 0 Å². The van der Waals surface area contributed by atoms with Crippen LogP contribution in [-0.4, -0.2) is 33.8 Å². The van der Waals surface area contributed by atoms with Gasteiger partial charge in [-0.05, 0) is 37.1 Å². The van der Waals surface area contributed by atoms with Crippen LogP contribution in [0.5, 0.6) is 0 Å². The van der Waals surface area contributed by atoms with Crippen LogP contribution in [0.15, 0.2) is 45.0 Å². The van der Waals surface area contributed by atoms with Crippen molar-refractivity contribution in [2.75, 3.05) is 12.9 Å².